The standard InChI is InChI=1S/C8H2ClF3N/c9-7-3-6(4-13-5-7)1-2-8(10,11)12/h3-4H. The Kier molecular flexibility index (Phi) is 2.79. The molecular formula is C8H2ClF3N. The third-order valence-electron chi connectivity index (χ3n) is 1.01. The topological polar surface area (TPSA) is 12.9 Å². The Labute approximate surface area is 77.5 Å². The molecule has 0 atom stereocenters. The highest BCUT2D eigenvalue weighted by Crippen LogP contribution is 2.13. The predicted octanol–water partition coefficient (Wildman–Crippen LogP) is 2.45. The Bertz CT molecular complexity index is 362. The van der Waals surface area contributed by atoms with Gasteiger partial charge in [0.05, 0.1) is 5.02 Å². The Hall–Kier alpha value is -1.21. The zero-order valence-corrected chi connectivity index (χ0v) is 6.87. The predicted molar refractivity (Wildman–Crippen MR) is 41.0 cm³/mol. The lowest BCUT2D eigenvalue weighted by Crippen LogP contribution is -2.01. The molecule has 5 heteroatoms. The molecule has 0 amide bonds. The zero-order chi connectivity index (χ0) is 9.90. The van der Waals surface area contributed by atoms with Gasteiger partial charge in [0.15, 0.2) is 0 Å². The van der Waals surface area contributed by atoms with E-state index in [1.807, 2.05) is 5.92 Å². The summed E-state index contributed by atoms with van der Waals surface area (Å²) in [5.41, 5.74) is 0.112. The normalized spacial score (nSPS) is 10.5. The van der Waals surface area contributed by atoms with Crippen molar-refractivity contribution < 1.29 is 13.2 Å². The van der Waals surface area contributed by atoms with Crippen molar-refractivity contribution in [2.45, 2.75) is 6.18 Å². The van der Waals surface area contributed by atoms with E-state index in [1.165, 1.54) is 6.07 Å². The van der Waals surface area contributed by atoms with E-state index in [1.54, 1.807) is 0 Å². The second-order valence-corrected chi connectivity index (χ2v) is 2.47. The summed E-state index contributed by atoms with van der Waals surface area (Å²) in [5.74, 6) is 2.99. The molecule has 1 aromatic heterocycles. The maximum absolute atomic E-state index is 11.6. The molecule has 0 N–H and O–H groups in total. The second-order valence-electron chi connectivity index (χ2n) is 2.07. The van der Waals surface area contributed by atoms with E-state index in [2.05, 4.69) is 11.2 Å². The van der Waals surface area contributed by atoms with E-state index in [0.29, 0.717) is 0 Å². The highest BCUT2D eigenvalue weighted by Gasteiger charge is 2.22. The molecule has 0 fully saturated rings. The molecule has 0 spiro atoms. The molecule has 0 aliphatic carbocycles. The zero-order valence-electron chi connectivity index (χ0n) is 6.11. The molecule has 0 unspecified atom stereocenters. The summed E-state index contributed by atoms with van der Waals surface area (Å²) in [4.78, 5) is 3.46. The molecule has 1 rings (SSSR count). The van der Waals surface area contributed by atoms with Crippen LogP contribution in [0.4, 0.5) is 13.2 Å². The van der Waals surface area contributed by atoms with Crippen molar-refractivity contribution in [1.82, 2.24) is 4.98 Å². The van der Waals surface area contributed by atoms with E-state index in [9.17, 15) is 13.2 Å². The van der Waals surface area contributed by atoms with E-state index in [-0.39, 0.29) is 10.6 Å². The highest BCUT2D eigenvalue weighted by molar-refractivity contribution is 6.30. The van der Waals surface area contributed by atoms with Crippen LogP contribution in [0.1, 0.15) is 5.56 Å². The fraction of sp³-hybridized carbons (Fsp3) is 0.125. The second kappa shape index (κ2) is 3.67. The van der Waals surface area contributed by atoms with Crippen LogP contribution in [0, 0.1) is 18.0 Å². The minimum Gasteiger partial charge on any atom is -0.252 e. The van der Waals surface area contributed by atoms with Crippen LogP contribution in [0.15, 0.2) is 12.3 Å². The number of nitrogens with zero attached hydrogens (tertiary/aromatic N) is 1. The Morgan fingerprint density at radius 1 is 1.46 bits per heavy atom. The Balaban J connectivity index is 2.90. The number of alkyl halides is 3. The lowest BCUT2D eigenvalue weighted by molar-refractivity contribution is -0.0696. The summed E-state index contributed by atoms with van der Waals surface area (Å²) in [6, 6.07) is 1.26. The average Bonchev–Trinajstić information content (AvgIpc) is 2.00. The van der Waals surface area contributed by atoms with Gasteiger partial charge >= 0.3 is 6.18 Å². The van der Waals surface area contributed by atoms with Crippen LogP contribution in [0.25, 0.3) is 0 Å². The highest BCUT2D eigenvalue weighted by atomic mass is 35.5. The van der Waals surface area contributed by atoms with Crippen molar-refractivity contribution in [3.8, 4) is 11.8 Å². The van der Waals surface area contributed by atoms with Crippen LogP contribution in [-0.2, 0) is 0 Å². The third kappa shape index (κ3) is 3.81. The molecule has 1 nitrogen and oxygen atoms in total. The Morgan fingerprint density at radius 3 is 2.69 bits per heavy atom. The number of pyridine rings is 1. The number of halogens is 4. The third-order valence-corrected chi connectivity index (χ3v) is 1.20. The monoisotopic (exact) mass is 204 g/mol. The SMILES string of the molecule is FC(F)(F)C#Cc1cn[c]c(Cl)c1. The molecule has 1 aromatic rings. The van der Waals surface area contributed by atoms with Crippen LogP contribution in [-0.4, -0.2) is 11.2 Å². The van der Waals surface area contributed by atoms with E-state index >= 15 is 0 Å². The van der Waals surface area contributed by atoms with Crippen molar-refractivity contribution in [3.05, 3.63) is 29.0 Å². The smallest absolute Gasteiger partial charge is 0.252 e. The van der Waals surface area contributed by atoms with Crippen LogP contribution >= 0.6 is 11.6 Å². The number of aromatic nitrogens is 1. The van der Waals surface area contributed by atoms with Crippen molar-refractivity contribution in [1.29, 1.82) is 0 Å². The van der Waals surface area contributed by atoms with E-state index in [0.717, 1.165) is 12.1 Å². The van der Waals surface area contributed by atoms with Gasteiger partial charge in [-0.25, -0.2) is 0 Å². The fourth-order valence-electron chi connectivity index (χ4n) is 0.581. The molecular weight excluding hydrogens is 203 g/mol. The maximum atomic E-state index is 11.6. The van der Waals surface area contributed by atoms with Crippen LogP contribution in [0.2, 0.25) is 5.02 Å². The summed E-state index contributed by atoms with van der Waals surface area (Å²) in [7, 11) is 0. The van der Waals surface area contributed by atoms with Gasteiger partial charge in [0.2, 0.25) is 0 Å². The summed E-state index contributed by atoms with van der Waals surface area (Å²) in [6.45, 7) is 0. The van der Waals surface area contributed by atoms with Crippen molar-refractivity contribution in [2.24, 2.45) is 0 Å². The van der Waals surface area contributed by atoms with Crippen molar-refractivity contribution >= 4 is 11.6 Å². The number of hydrogen-bond donors (Lipinski definition) is 0. The molecule has 0 saturated carbocycles. The van der Waals surface area contributed by atoms with E-state index < -0.39 is 6.18 Å². The first-order chi connectivity index (χ1) is 5.97. The first-order valence-corrected chi connectivity index (χ1v) is 3.48. The van der Waals surface area contributed by atoms with Gasteiger partial charge in [-0.3, -0.25) is 4.98 Å². The van der Waals surface area contributed by atoms with Crippen LogP contribution in [0.5, 0.6) is 0 Å². The lowest BCUT2D eigenvalue weighted by atomic mass is 10.3. The van der Waals surface area contributed by atoms with Gasteiger partial charge in [-0.05, 0) is 6.07 Å². The fourth-order valence-corrected chi connectivity index (χ4v) is 0.747. The molecule has 0 saturated heterocycles. The van der Waals surface area contributed by atoms with Gasteiger partial charge in [-0.2, -0.15) is 13.2 Å². The largest absolute Gasteiger partial charge is 0.458 e. The minimum absolute atomic E-state index is 0.112. The number of rotatable bonds is 0. The molecule has 0 aliphatic heterocycles. The van der Waals surface area contributed by atoms with Gasteiger partial charge in [0.25, 0.3) is 0 Å². The van der Waals surface area contributed by atoms with Crippen molar-refractivity contribution in [2.75, 3.05) is 0 Å². The van der Waals surface area contributed by atoms with E-state index in [4.69, 9.17) is 11.6 Å². The van der Waals surface area contributed by atoms with Gasteiger partial charge < -0.3 is 0 Å². The van der Waals surface area contributed by atoms with Gasteiger partial charge in [-0.1, -0.05) is 17.5 Å². The van der Waals surface area contributed by atoms with Gasteiger partial charge in [0, 0.05) is 17.7 Å². The first kappa shape index (κ1) is 9.87. The molecule has 0 aromatic carbocycles. The summed E-state index contributed by atoms with van der Waals surface area (Å²) in [5, 5.41) is 0.133. The number of hydrogen-bond acceptors (Lipinski definition) is 1. The van der Waals surface area contributed by atoms with Crippen LogP contribution < -0.4 is 0 Å². The summed E-state index contributed by atoms with van der Waals surface area (Å²) in [6.07, 6.45) is -1.00. The van der Waals surface area contributed by atoms with Gasteiger partial charge in [-0.15, -0.1) is 0 Å². The molecule has 13 heavy (non-hydrogen) atoms. The molecule has 67 valence electrons. The Morgan fingerprint density at radius 2 is 2.15 bits per heavy atom. The maximum Gasteiger partial charge on any atom is 0.458 e. The quantitative estimate of drug-likeness (QED) is 0.592. The minimum atomic E-state index is -4.49. The molecule has 1 heterocycles. The first-order valence-electron chi connectivity index (χ1n) is 3.10. The lowest BCUT2D eigenvalue weighted by Gasteiger charge is -1.92. The van der Waals surface area contributed by atoms with Crippen molar-refractivity contribution in [3.63, 3.8) is 0 Å². The molecule has 0 aliphatic rings. The molecule has 1 radical (unpaired) electrons. The summed E-state index contributed by atoms with van der Waals surface area (Å²) >= 11 is 5.43. The molecule has 0 bridgehead atoms. The van der Waals surface area contributed by atoms with Crippen LogP contribution in [0.3, 0.4) is 0 Å². The average molecular weight is 205 g/mol. The van der Waals surface area contributed by atoms with Gasteiger partial charge in [0.1, 0.15) is 6.20 Å². The summed E-state index contributed by atoms with van der Waals surface area (Å²) < 4.78 is 34.8.